The van der Waals surface area contributed by atoms with Gasteiger partial charge in [0.2, 0.25) is 15.8 Å². The van der Waals surface area contributed by atoms with Gasteiger partial charge in [0.15, 0.2) is 6.10 Å². The SMILES string of the molecule is CCOc1ccc(C(=O)[C@@H](C)OC(=O)c2ccc(Cl)c(S(=O)(=O)N(CC)CC)c2)cc1. The fourth-order valence-electron chi connectivity index (χ4n) is 2.93. The van der Waals surface area contributed by atoms with Crippen LogP contribution in [0.15, 0.2) is 47.4 Å². The predicted octanol–water partition coefficient (Wildman–Crippen LogP) is 4.20. The molecule has 0 heterocycles. The highest BCUT2D eigenvalue weighted by Crippen LogP contribution is 2.26. The van der Waals surface area contributed by atoms with Crippen LogP contribution in [-0.4, -0.2) is 50.3 Å². The number of carbonyl (C=O) groups is 2. The smallest absolute Gasteiger partial charge is 0.338 e. The van der Waals surface area contributed by atoms with Gasteiger partial charge in [0.05, 0.1) is 17.2 Å². The van der Waals surface area contributed by atoms with Gasteiger partial charge in [-0.15, -0.1) is 0 Å². The fourth-order valence-corrected chi connectivity index (χ4v) is 4.89. The van der Waals surface area contributed by atoms with E-state index in [1.165, 1.54) is 29.4 Å². The Kier molecular flexibility index (Phi) is 8.61. The summed E-state index contributed by atoms with van der Waals surface area (Å²) >= 11 is 6.09. The summed E-state index contributed by atoms with van der Waals surface area (Å²) in [7, 11) is -3.87. The lowest BCUT2D eigenvalue weighted by molar-refractivity contribution is 0.0318. The van der Waals surface area contributed by atoms with E-state index in [-0.39, 0.29) is 34.4 Å². The number of ketones is 1. The van der Waals surface area contributed by atoms with Crippen LogP contribution in [0.25, 0.3) is 0 Å². The summed E-state index contributed by atoms with van der Waals surface area (Å²) in [6.07, 6.45) is -1.07. The number of carbonyl (C=O) groups excluding carboxylic acids is 2. The summed E-state index contributed by atoms with van der Waals surface area (Å²) in [5.74, 6) is -0.576. The molecule has 0 spiro atoms. The third kappa shape index (κ3) is 5.84. The van der Waals surface area contributed by atoms with Crippen LogP contribution >= 0.6 is 11.6 Å². The molecule has 2 rings (SSSR count). The molecule has 2 aromatic carbocycles. The van der Waals surface area contributed by atoms with Gasteiger partial charge in [-0.05, 0) is 56.3 Å². The Hall–Kier alpha value is -2.42. The van der Waals surface area contributed by atoms with Gasteiger partial charge in [-0.2, -0.15) is 4.31 Å². The molecule has 2 aromatic rings. The van der Waals surface area contributed by atoms with E-state index in [0.717, 1.165) is 0 Å². The maximum atomic E-state index is 12.8. The van der Waals surface area contributed by atoms with E-state index in [0.29, 0.717) is 17.9 Å². The molecular formula is C22H26ClNO6S. The molecule has 0 aromatic heterocycles. The highest BCUT2D eigenvalue weighted by molar-refractivity contribution is 7.89. The van der Waals surface area contributed by atoms with Crippen LogP contribution in [-0.2, 0) is 14.8 Å². The standard InChI is InChI=1S/C22H26ClNO6S/c1-5-24(6-2)31(27,28)20-14-17(10-13-19(20)23)22(26)30-15(4)21(25)16-8-11-18(12-9-16)29-7-3/h8-15H,5-7H2,1-4H3/t15-/m1/s1. The zero-order valence-corrected chi connectivity index (χ0v) is 19.5. The van der Waals surface area contributed by atoms with E-state index in [4.69, 9.17) is 21.1 Å². The van der Waals surface area contributed by atoms with Crippen molar-refractivity contribution in [2.75, 3.05) is 19.7 Å². The molecule has 31 heavy (non-hydrogen) atoms. The molecule has 0 bridgehead atoms. The Balaban J connectivity index is 2.20. The number of benzene rings is 2. The Morgan fingerprint density at radius 3 is 2.13 bits per heavy atom. The quantitative estimate of drug-likeness (QED) is 0.384. The molecule has 0 saturated heterocycles. The number of hydrogen-bond acceptors (Lipinski definition) is 6. The number of hydrogen-bond donors (Lipinski definition) is 0. The molecule has 0 aliphatic carbocycles. The average Bonchev–Trinajstić information content (AvgIpc) is 2.74. The van der Waals surface area contributed by atoms with Crippen molar-refractivity contribution in [2.45, 2.75) is 38.7 Å². The lowest BCUT2D eigenvalue weighted by atomic mass is 10.1. The van der Waals surface area contributed by atoms with Crippen molar-refractivity contribution in [3.8, 4) is 5.75 Å². The van der Waals surface area contributed by atoms with Gasteiger partial charge < -0.3 is 9.47 Å². The molecule has 0 unspecified atom stereocenters. The number of sulfonamides is 1. The number of esters is 1. The van der Waals surface area contributed by atoms with Crippen molar-refractivity contribution in [2.24, 2.45) is 0 Å². The number of ether oxygens (including phenoxy) is 2. The first-order chi connectivity index (χ1) is 14.6. The van der Waals surface area contributed by atoms with Gasteiger partial charge in [-0.25, -0.2) is 13.2 Å². The molecule has 168 valence electrons. The molecule has 0 radical (unpaired) electrons. The summed E-state index contributed by atoms with van der Waals surface area (Å²) in [5.41, 5.74) is 0.353. The van der Waals surface area contributed by atoms with E-state index >= 15 is 0 Å². The summed E-state index contributed by atoms with van der Waals surface area (Å²) in [6.45, 7) is 7.77. The number of nitrogens with zero attached hydrogens (tertiary/aromatic N) is 1. The van der Waals surface area contributed by atoms with Crippen molar-refractivity contribution in [3.63, 3.8) is 0 Å². The first-order valence-electron chi connectivity index (χ1n) is 9.93. The van der Waals surface area contributed by atoms with E-state index in [1.807, 2.05) is 6.92 Å². The highest BCUT2D eigenvalue weighted by Gasteiger charge is 2.27. The lowest BCUT2D eigenvalue weighted by Crippen LogP contribution is -2.31. The Morgan fingerprint density at radius 1 is 1.00 bits per heavy atom. The zero-order valence-electron chi connectivity index (χ0n) is 17.9. The van der Waals surface area contributed by atoms with Crippen molar-refractivity contribution in [3.05, 3.63) is 58.6 Å². The third-order valence-corrected chi connectivity index (χ3v) is 7.12. The molecule has 0 N–H and O–H groups in total. The van der Waals surface area contributed by atoms with Gasteiger partial charge in [0.25, 0.3) is 0 Å². The molecule has 0 saturated carbocycles. The topological polar surface area (TPSA) is 90.0 Å². The van der Waals surface area contributed by atoms with Crippen LogP contribution in [0.2, 0.25) is 5.02 Å². The van der Waals surface area contributed by atoms with E-state index in [1.54, 1.807) is 38.1 Å². The first kappa shape index (κ1) is 24.8. The molecule has 7 nitrogen and oxygen atoms in total. The largest absolute Gasteiger partial charge is 0.494 e. The van der Waals surface area contributed by atoms with Crippen LogP contribution < -0.4 is 4.74 Å². The zero-order chi connectivity index (χ0) is 23.2. The fraction of sp³-hybridized carbons (Fsp3) is 0.364. The highest BCUT2D eigenvalue weighted by atomic mass is 35.5. The monoisotopic (exact) mass is 467 g/mol. The summed E-state index contributed by atoms with van der Waals surface area (Å²) in [5, 5.41) is 0.00182. The minimum atomic E-state index is -3.87. The molecule has 0 aliphatic rings. The minimum absolute atomic E-state index is 0.00182. The third-order valence-electron chi connectivity index (χ3n) is 4.59. The van der Waals surface area contributed by atoms with Crippen LogP contribution in [0.1, 0.15) is 48.4 Å². The molecule has 9 heteroatoms. The minimum Gasteiger partial charge on any atom is -0.494 e. The van der Waals surface area contributed by atoms with Crippen molar-refractivity contribution in [1.29, 1.82) is 0 Å². The maximum Gasteiger partial charge on any atom is 0.338 e. The second-order valence-corrected chi connectivity index (χ2v) is 8.92. The van der Waals surface area contributed by atoms with Crippen molar-refractivity contribution in [1.82, 2.24) is 4.31 Å². The Morgan fingerprint density at radius 2 is 1.58 bits per heavy atom. The number of rotatable bonds is 10. The van der Waals surface area contributed by atoms with Gasteiger partial charge in [0.1, 0.15) is 10.6 Å². The van der Waals surface area contributed by atoms with E-state index < -0.39 is 22.1 Å². The first-order valence-corrected chi connectivity index (χ1v) is 11.7. The van der Waals surface area contributed by atoms with Crippen molar-refractivity contribution >= 4 is 33.4 Å². The van der Waals surface area contributed by atoms with Crippen LogP contribution in [0.4, 0.5) is 0 Å². The normalized spacial score (nSPS) is 12.5. The summed E-state index contributed by atoms with van der Waals surface area (Å²) in [4.78, 5) is 25.0. The predicted molar refractivity (Wildman–Crippen MR) is 118 cm³/mol. The van der Waals surface area contributed by atoms with Crippen LogP contribution in [0, 0.1) is 0 Å². The molecule has 0 aliphatic heterocycles. The Bertz CT molecular complexity index is 1030. The van der Waals surface area contributed by atoms with E-state index in [2.05, 4.69) is 0 Å². The van der Waals surface area contributed by atoms with Crippen LogP contribution in [0.3, 0.4) is 0 Å². The van der Waals surface area contributed by atoms with Crippen molar-refractivity contribution < 1.29 is 27.5 Å². The lowest BCUT2D eigenvalue weighted by Gasteiger charge is -2.19. The second-order valence-electron chi connectivity index (χ2n) is 6.60. The number of Topliss-reactive ketones (excluding diaryl/α,β-unsaturated/α-hetero) is 1. The molecule has 1 atom stereocenters. The van der Waals surface area contributed by atoms with Gasteiger partial charge in [-0.3, -0.25) is 4.79 Å². The number of halogens is 1. The van der Waals surface area contributed by atoms with Gasteiger partial charge in [-0.1, -0.05) is 25.4 Å². The van der Waals surface area contributed by atoms with Gasteiger partial charge in [0, 0.05) is 18.7 Å². The maximum absolute atomic E-state index is 12.8. The average molecular weight is 468 g/mol. The van der Waals surface area contributed by atoms with Crippen LogP contribution in [0.5, 0.6) is 5.75 Å². The second kappa shape index (κ2) is 10.7. The molecular weight excluding hydrogens is 442 g/mol. The Labute approximate surface area is 188 Å². The molecule has 0 amide bonds. The summed E-state index contributed by atoms with van der Waals surface area (Å²) in [6, 6.07) is 10.4. The molecule has 0 fully saturated rings. The summed E-state index contributed by atoms with van der Waals surface area (Å²) < 4.78 is 37.5. The van der Waals surface area contributed by atoms with Gasteiger partial charge >= 0.3 is 5.97 Å². The van der Waals surface area contributed by atoms with E-state index in [9.17, 15) is 18.0 Å².